The Morgan fingerprint density at radius 2 is 1.70 bits per heavy atom. The van der Waals surface area contributed by atoms with E-state index in [2.05, 4.69) is 44.2 Å². The molecule has 6 heteroatoms. The van der Waals surface area contributed by atoms with Crippen molar-refractivity contribution in [3.8, 4) is 5.75 Å². The van der Waals surface area contributed by atoms with Crippen LogP contribution in [0.1, 0.15) is 75.3 Å². The predicted molar refractivity (Wildman–Crippen MR) is 105 cm³/mol. The van der Waals surface area contributed by atoms with Gasteiger partial charge < -0.3 is 4.74 Å². The van der Waals surface area contributed by atoms with E-state index >= 15 is 0 Å². The van der Waals surface area contributed by atoms with Gasteiger partial charge in [0.2, 0.25) is 0 Å². The molecule has 2 aromatic rings. The van der Waals surface area contributed by atoms with E-state index in [9.17, 15) is 0 Å². The highest BCUT2D eigenvalue weighted by Crippen LogP contribution is 2.35. The fourth-order valence-electron chi connectivity index (χ4n) is 4.56. The van der Waals surface area contributed by atoms with Gasteiger partial charge in [-0.3, -0.25) is 4.90 Å². The van der Waals surface area contributed by atoms with Crippen molar-refractivity contribution in [3.05, 3.63) is 35.7 Å². The number of piperidine rings is 1. The smallest absolute Gasteiger partial charge is 0.173 e. The highest BCUT2D eigenvalue weighted by atomic mass is 16.5. The van der Waals surface area contributed by atoms with Crippen LogP contribution in [0.5, 0.6) is 5.75 Å². The fourth-order valence-corrected chi connectivity index (χ4v) is 4.56. The molecule has 146 valence electrons. The molecule has 6 nitrogen and oxygen atoms in total. The maximum Gasteiger partial charge on any atom is 0.173 e. The molecule has 2 heterocycles. The van der Waals surface area contributed by atoms with Crippen molar-refractivity contribution in [3.63, 3.8) is 0 Å². The van der Waals surface area contributed by atoms with Crippen LogP contribution in [0.2, 0.25) is 0 Å². The number of benzene rings is 1. The monoisotopic (exact) mass is 369 g/mol. The first kappa shape index (κ1) is 18.4. The van der Waals surface area contributed by atoms with Crippen LogP contribution in [0.4, 0.5) is 0 Å². The highest BCUT2D eigenvalue weighted by molar-refractivity contribution is 5.32. The van der Waals surface area contributed by atoms with Crippen LogP contribution in [0.15, 0.2) is 24.3 Å². The second kappa shape index (κ2) is 8.38. The molecule has 0 spiro atoms. The van der Waals surface area contributed by atoms with Crippen LogP contribution in [-0.4, -0.2) is 45.3 Å². The topological polar surface area (TPSA) is 56.1 Å². The van der Waals surface area contributed by atoms with E-state index in [4.69, 9.17) is 4.74 Å². The third-order valence-electron chi connectivity index (χ3n) is 6.30. The minimum Gasteiger partial charge on any atom is -0.497 e. The van der Waals surface area contributed by atoms with Crippen LogP contribution in [0.25, 0.3) is 0 Å². The Morgan fingerprint density at radius 1 is 1.00 bits per heavy atom. The van der Waals surface area contributed by atoms with Gasteiger partial charge in [0.1, 0.15) is 5.75 Å². The second-order valence-electron chi connectivity index (χ2n) is 8.17. The molecular formula is C21H31N5O. The van der Waals surface area contributed by atoms with Gasteiger partial charge in [-0.2, -0.15) is 0 Å². The molecule has 1 saturated carbocycles. The zero-order valence-corrected chi connectivity index (χ0v) is 16.5. The number of ether oxygens (including phenoxy) is 1. The first-order valence-electron chi connectivity index (χ1n) is 10.4. The van der Waals surface area contributed by atoms with Crippen LogP contribution in [0, 0.1) is 5.92 Å². The molecule has 2 fully saturated rings. The summed E-state index contributed by atoms with van der Waals surface area (Å²) >= 11 is 0. The molecular weight excluding hydrogens is 338 g/mol. The Balaban J connectivity index is 1.68. The summed E-state index contributed by atoms with van der Waals surface area (Å²) in [5.41, 5.74) is 1.25. The third-order valence-corrected chi connectivity index (χ3v) is 6.30. The average molecular weight is 370 g/mol. The summed E-state index contributed by atoms with van der Waals surface area (Å²) in [7, 11) is 1.71. The van der Waals surface area contributed by atoms with Gasteiger partial charge in [-0.25, -0.2) is 4.68 Å². The maximum absolute atomic E-state index is 5.36. The summed E-state index contributed by atoms with van der Waals surface area (Å²) < 4.78 is 7.49. The quantitative estimate of drug-likeness (QED) is 0.797. The van der Waals surface area contributed by atoms with Gasteiger partial charge in [0, 0.05) is 0 Å². The standard InChI is InChI=1S/C21H31N5O/c1-16-12-14-25(15-13-16)20(17-8-10-19(27-2)11-9-17)21-22-23-24-26(21)18-6-4-3-5-7-18/h8-11,16,18,20H,3-7,12-15H2,1-2H3/t20-/m0/s1. The lowest BCUT2D eigenvalue weighted by Crippen LogP contribution is -2.38. The molecule has 1 atom stereocenters. The maximum atomic E-state index is 5.36. The molecule has 0 N–H and O–H groups in total. The number of hydrogen-bond acceptors (Lipinski definition) is 5. The Hall–Kier alpha value is -1.95. The Kier molecular flexibility index (Phi) is 5.72. The molecule has 27 heavy (non-hydrogen) atoms. The number of methoxy groups -OCH3 is 1. The van der Waals surface area contributed by atoms with E-state index in [1.54, 1.807) is 7.11 Å². The van der Waals surface area contributed by atoms with Crippen molar-refractivity contribution < 1.29 is 4.74 Å². The third kappa shape index (κ3) is 4.00. The molecule has 0 unspecified atom stereocenters. The first-order chi connectivity index (χ1) is 13.3. The number of rotatable bonds is 5. The van der Waals surface area contributed by atoms with Crippen molar-refractivity contribution in [1.29, 1.82) is 0 Å². The zero-order chi connectivity index (χ0) is 18.6. The summed E-state index contributed by atoms with van der Waals surface area (Å²) in [5, 5.41) is 13.1. The molecule has 1 aromatic heterocycles. The van der Waals surface area contributed by atoms with E-state index in [0.717, 1.165) is 30.6 Å². The van der Waals surface area contributed by atoms with E-state index in [0.29, 0.717) is 6.04 Å². The molecule has 1 aliphatic carbocycles. The lowest BCUT2D eigenvalue weighted by Gasteiger charge is -2.37. The van der Waals surface area contributed by atoms with Gasteiger partial charge in [0.05, 0.1) is 19.2 Å². The summed E-state index contributed by atoms with van der Waals surface area (Å²) in [6.07, 6.45) is 8.72. The highest BCUT2D eigenvalue weighted by Gasteiger charge is 2.32. The molecule has 0 amide bonds. The van der Waals surface area contributed by atoms with Gasteiger partial charge in [-0.1, -0.05) is 38.3 Å². The van der Waals surface area contributed by atoms with E-state index in [1.807, 2.05) is 12.1 Å². The molecule has 2 aliphatic rings. The molecule has 0 bridgehead atoms. The van der Waals surface area contributed by atoms with Crippen LogP contribution < -0.4 is 4.74 Å². The van der Waals surface area contributed by atoms with Crippen molar-refractivity contribution >= 4 is 0 Å². The van der Waals surface area contributed by atoms with E-state index < -0.39 is 0 Å². The van der Waals surface area contributed by atoms with Gasteiger partial charge in [0.25, 0.3) is 0 Å². The number of aromatic nitrogens is 4. The lowest BCUT2D eigenvalue weighted by molar-refractivity contribution is 0.146. The van der Waals surface area contributed by atoms with Gasteiger partial charge >= 0.3 is 0 Å². The predicted octanol–water partition coefficient (Wildman–Crippen LogP) is 4.01. The largest absolute Gasteiger partial charge is 0.497 e. The first-order valence-corrected chi connectivity index (χ1v) is 10.4. The van der Waals surface area contributed by atoms with E-state index in [-0.39, 0.29) is 6.04 Å². The number of tetrazole rings is 1. The normalized spacial score (nSPS) is 21.3. The van der Waals surface area contributed by atoms with Crippen LogP contribution in [0.3, 0.4) is 0 Å². The SMILES string of the molecule is COc1ccc([C@@H](c2nnnn2C2CCCCC2)N2CCC(C)CC2)cc1. The molecule has 1 aliphatic heterocycles. The number of hydrogen-bond donors (Lipinski definition) is 0. The fraction of sp³-hybridized carbons (Fsp3) is 0.667. The molecule has 1 saturated heterocycles. The number of nitrogens with zero attached hydrogens (tertiary/aromatic N) is 5. The van der Waals surface area contributed by atoms with Crippen molar-refractivity contribution in [1.82, 2.24) is 25.1 Å². The summed E-state index contributed by atoms with van der Waals surface area (Å²) in [4.78, 5) is 2.56. The Morgan fingerprint density at radius 3 is 2.37 bits per heavy atom. The van der Waals surface area contributed by atoms with Gasteiger partial charge in [-0.15, -0.1) is 5.10 Å². The lowest BCUT2D eigenvalue weighted by atomic mass is 9.93. The van der Waals surface area contributed by atoms with Crippen LogP contribution in [-0.2, 0) is 0 Å². The molecule has 1 aromatic carbocycles. The minimum absolute atomic E-state index is 0.111. The molecule has 4 rings (SSSR count). The van der Waals surface area contributed by atoms with Crippen molar-refractivity contribution in [2.75, 3.05) is 20.2 Å². The Labute approximate surface area is 161 Å². The van der Waals surface area contributed by atoms with Gasteiger partial charge in [0.15, 0.2) is 5.82 Å². The number of likely N-dealkylation sites (tertiary alicyclic amines) is 1. The van der Waals surface area contributed by atoms with Crippen molar-refractivity contribution in [2.45, 2.75) is 64.0 Å². The second-order valence-corrected chi connectivity index (χ2v) is 8.17. The summed E-state index contributed by atoms with van der Waals surface area (Å²) in [6.45, 7) is 4.54. The average Bonchev–Trinajstić information content (AvgIpc) is 3.20. The van der Waals surface area contributed by atoms with E-state index in [1.165, 1.54) is 50.5 Å². The Bertz CT molecular complexity index is 714. The zero-order valence-electron chi connectivity index (χ0n) is 16.5. The summed E-state index contributed by atoms with van der Waals surface area (Å²) in [5.74, 6) is 2.69. The van der Waals surface area contributed by atoms with Crippen molar-refractivity contribution in [2.24, 2.45) is 5.92 Å². The van der Waals surface area contributed by atoms with Crippen LogP contribution >= 0.6 is 0 Å². The van der Waals surface area contributed by atoms with Gasteiger partial charge in [-0.05, 0) is 72.8 Å². The summed E-state index contributed by atoms with van der Waals surface area (Å²) in [6, 6.07) is 8.98. The minimum atomic E-state index is 0.111. The molecule has 0 radical (unpaired) electrons.